The van der Waals surface area contributed by atoms with Crippen LogP contribution in [-0.2, 0) is 16.1 Å². The zero-order valence-corrected chi connectivity index (χ0v) is 22.7. The van der Waals surface area contributed by atoms with Crippen LogP contribution < -0.4 is 0 Å². The number of likely N-dealkylation sites (tertiary alicyclic amines) is 1. The molecule has 0 radical (unpaired) electrons. The Labute approximate surface area is 232 Å². The van der Waals surface area contributed by atoms with Crippen molar-refractivity contribution >= 4 is 34.8 Å². The second kappa shape index (κ2) is 11.7. The summed E-state index contributed by atoms with van der Waals surface area (Å²) in [5, 5.41) is 33.7. The molecule has 0 unspecified atom stereocenters. The summed E-state index contributed by atoms with van der Waals surface area (Å²) >= 11 is 1.50. The minimum atomic E-state index is -0.867. The number of phenolic OH excluding ortho intramolecular Hbond substituents is 1. The largest absolute Gasteiger partial charge is 0.508 e. The number of thiophene rings is 1. The van der Waals surface area contributed by atoms with Crippen molar-refractivity contribution in [3.63, 3.8) is 0 Å². The van der Waals surface area contributed by atoms with Gasteiger partial charge in [-0.25, -0.2) is 0 Å². The molecule has 0 bridgehead atoms. The van der Waals surface area contributed by atoms with E-state index < -0.39 is 23.9 Å². The van der Waals surface area contributed by atoms with Gasteiger partial charge < -0.3 is 15.3 Å². The molecule has 5 rings (SSSR count). The van der Waals surface area contributed by atoms with E-state index in [0.717, 1.165) is 27.2 Å². The maximum absolute atomic E-state index is 13.5. The van der Waals surface area contributed by atoms with Crippen LogP contribution in [0.3, 0.4) is 0 Å². The van der Waals surface area contributed by atoms with Crippen LogP contribution in [0, 0.1) is 17.8 Å². The van der Waals surface area contributed by atoms with Gasteiger partial charge in [-0.1, -0.05) is 60.2 Å². The summed E-state index contributed by atoms with van der Waals surface area (Å²) in [6.45, 7) is 1.84. The molecule has 0 spiro atoms. The fraction of sp³-hybridized carbons (Fsp3) is 0.312. The Morgan fingerprint density at radius 3 is 2.56 bits per heavy atom. The molecule has 2 amide bonds. The van der Waals surface area contributed by atoms with Gasteiger partial charge >= 0.3 is 0 Å². The topological polar surface area (TPSA) is 98.1 Å². The van der Waals surface area contributed by atoms with Crippen molar-refractivity contribution in [1.29, 1.82) is 0 Å². The maximum Gasteiger partial charge on any atom is 0.234 e. The molecule has 2 heterocycles. The number of fused-ring (bicyclic) bond motifs is 1. The minimum Gasteiger partial charge on any atom is -0.508 e. The van der Waals surface area contributed by atoms with Gasteiger partial charge in [0.2, 0.25) is 11.8 Å². The third-order valence-electron chi connectivity index (χ3n) is 7.91. The quantitative estimate of drug-likeness (QED) is 0.194. The highest BCUT2D eigenvalue weighted by Gasteiger charge is 2.54. The van der Waals surface area contributed by atoms with Gasteiger partial charge in [0.1, 0.15) is 5.75 Å². The molecule has 202 valence electrons. The second-order valence-electron chi connectivity index (χ2n) is 10.4. The summed E-state index contributed by atoms with van der Waals surface area (Å²) in [7, 11) is 0. The molecular weight excluding hydrogens is 510 g/mol. The standard InChI is InChI=1S/C32H33NO5S/c1-20-15-26-30(32(38)33(31(26)37)18-25-11-6-14-39-25)27(19-34)29(20)28(36)13-12-23(22-8-3-2-4-9-22)16-21-7-5-10-24(35)17-21/h2-11,14,16-17,26-28,30,34-36H,12-13,15,18-19H2,1H3/b23-16-/t26-,27+,28-,30-/m1/s1. The summed E-state index contributed by atoms with van der Waals surface area (Å²) in [5.41, 5.74) is 4.43. The number of phenols is 1. The average Bonchev–Trinajstić information content (AvgIpc) is 3.53. The third kappa shape index (κ3) is 5.62. The molecule has 1 fully saturated rings. The number of hydrogen-bond donors (Lipinski definition) is 3. The Hall–Kier alpha value is -3.52. The monoisotopic (exact) mass is 543 g/mol. The van der Waals surface area contributed by atoms with Crippen LogP contribution in [0.4, 0.5) is 0 Å². The van der Waals surface area contributed by atoms with Crippen LogP contribution in [0.5, 0.6) is 5.75 Å². The normalized spacial score (nSPS) is 22.4. The number of rotatable bonds is 9. The molecule has 6 nitrogen and oxygen atoms in total. The number of carbonyl (C=O) groups excluding carboxylic acids is 2. The van der Waals surface area contributed by atoms with Crippen molar-refractivity contribution in [3.8, 4) is 5.75 Å². The summed E-state index contributed by atoms with van der Waals surface area (Å²) in [6, 6.07) is 20.7. The van der Waals surface area contributed by atoms with E-state index in [-0.39, 0.29) is 30.7 Å². The number of allylic oxidation sites excluding steroid dienone is 2. The molecule has 39 heavy (non-hydrogen) atoms. The Bertz CT molecular complexity index is 1390. The van der Waals surface area contributed by atoms with Crippen LogP contribution in [-0.4, -0.2) is 44.7 Å². The fourth-order valence-electron chi connectivity index (χ4n) is 6.11. The lowest BCUT2D eigenvalue weighted by Gasteiger charge is -2.35. The highest BCUT2D eigenvalue weighted by molar-refractivity contribution is 7.09. The first-order valence-corrected chi connectivity index (χ1v) is 14.2. The molecule has 3 N–H and O–H groups in total. The molecule has 1 aliphatic carbocycles. The number of nitrogens with zero attached hydrogens (tertiary/aromatic N) is 1. The van der Waals surface area contributed by atoms with Crippen LogP contribution in [0.15, 0.2) is 83.3 Å². The summed E-state index contributed by atoms with van der Waals surface area (Å²) in [6.07, 6.45) is 2.48. The van der Waals surface area contributed by atoms with E-state index in [1.807, 2.05) is 66.9 Å². The maximum atomic E-state index is 13.5. The lowest BCUT2D eigenvalue weighted by molar-refractivity contribution is -0.140. The van der Waals surface area contributed by atoms with Crippen molar-refractivity contribution in [2.75, 3.05) is 6.61 Å². The molecule has 1 aromatic heterocycles. The summed E-state index contributed by atoms with van der Waals surface area (Å²) in [4.78, 5) is 29.0. The van der Waals surface area contributed by atoms with Gasteiger partial charge in [0.05, 0.1) is 31.1 Å². The van der Waals surface area contributed by atoms with E-state index in [4.69, 9.17) is 0 Å². The van der Waals surface area contributed by atoms with Gasteiger partial charge in [-0.2, -0.15) is 0 Å². The predicted molar refractivity (Wildman–Crippen MR) is 152 cm³/mol. The molecule has 1 aliphatic heterocycles. The number of aromatic hydroxyl groups is 1. The molecule has 2 aliphatic rings. The van der Waals surface area contributed by atoms with Crippen LogP contribution in [0.25, 0.3) is 11.6 Å². The Morgan fingerprint density at radius 2 is 1.87 bits per heavy atom. The molecular formula is C32H33NO5S. The lowest BCUT2D eigenvalue weighted by Crippen LogP contribution is -2.38. The van der Waals surface area contributed by atoms with Crippen molar-refractivity contribution in [1.82, 2.24) is 4.90 Å². The van der Waals surface area contributed by atoms with Crippen molar-refractivity contribution in [2.24, 2.45) is 17.8 Å². The number of aliphatic hydroxyl groups is 2. The van der Waals surface area contributed by atoms with E-state index in [9.17, 15) is 24.9 Å². The molecule has 0 saturated carbocycles. The van der Waals surface area contributed by atoms with Crippen LogP contribution in [0.2, 0.25) is 0 Å². The Kier molecular flexibility index (Phi) is 8.12. The minimum absolute atomic E-state index is 0.184. The van der Waals surface area contributed by atoms with Crippen molar-refractivity contribution in [3.05, 3.63) is 99.3 Å². The highest BCUT2D eigenvalue weighted by Crippen LogP contribution is 2.46. The number of amides is 2. The van der Waals surface area contributed by atoms with E-state index >= 15 is 0 Å². The van der Waals surface area contributed by atoms with E-state index in [1.54, 1.807) is 18.2 Å². The Morgan fingerprint density at radius 1 is 1.08 bits per heavy atom. The number of aliphatic hydroxyl groups excluding tert-OH is 2. The Balaban J connectivity index is 1.37. The fourth-order valence-corrected chi connectivity index (χ4v) is 6.80. The molecule has 3 aromatic rings. The first-order chi connectivity index (χ1) is 18.9. The van der Waals surface area contributed by atoms with Gasteiger partial charge in [-0.15, -0.1) is 11.3 Å². The molecule has 1 saturated heterocycles. The smallest absolute Gasteiger partial charge is 0.234 e. The van der Waals surface area contributed by atoms with E-state index in [0.29, 0.717) is 24.8 Å². The number of imide groups is 1. The van der Waals surface area contributed by atoms with Crippen LogP contribution in [0.1, 0.15) is 42.2 Å². The first-order valence-electron chi connectivity index (χ1n) is 13.3. The lowest BCUT2D eigenvalue weighted by atomic mass is 9.68. The zero-order chi connectivity index (χ0) is 27.5. The number of carbonyl (C=O) groups is 2. The first kappa shape index (κ1) is 27.1. The average molecular weight is 544 g/mol. The summed E-state index contributed by atoms with van der Waals surface area (Å²) < 4.78 is 0. The molecule has 2 aromatic carbocycles. The van der Waals surface area contributed by atoms with Crippen LogP contribution >= 0.6 is 11.3 Å². The zero-order valence-electron chi connectivity index (χ0n) is 21.9. The summed E-state index contributed by atoms with van der Waals surface area (Å²) in [5.74, 6) is -2.03. The van der Waals surface area contributed by atoms with Crippen molar-refractivity contribution < 1.29 is 24.9 Å². The second-order valence-corrected chi connectivity index (χ2v) is 11.4. The van der Waals surface area contributed by atoms with E-state index in [1.165, 1.54) is 16.2 Å². The van der Waals surface area contributed by atoms with Gasteiger partial charge in [-0.05, 0) is 72.0 Å². The SMILES string of the molecule is CC1=C([C@H](O)CC/C(=C/c2cccc(O)c2)c2ccccc2)[C@H](CO)[C@@H]2C(=O)N(Cc3cccs3)C(=O)[C@@H]2C1. The molecule has 7 heteroatoms. The van der Waals surface area contributed by atoms with Gasteiger partial charge in [0.25, 0.3) is 0 Å². The van der Waals surface area contributed by atoms with Gasteiger partial charge in [-0.3, -0.25) is 14.5 Å². The van der Waals surface area contributed by atoms with Gasteiger partial charge in [0.15, 0.2) is 0 Å². The predicted octanol–water partition coefficient (Wildman–Crippen LogP) is 5.27. The van der Waals surface area contributed by atoms with Crippen molar-refractivity contribution in [2.45, 2.75) is 38.8 Å². The highest BCUT2D eigenvalue weighted by atomic mass is 32.1. The number of benzene rings is 2. The third-order valence-corrected chi connectivity index (χ3v) is 8.77. The van der Waals surface area contributed by atoms with Gasteiger partial charge in [0, 0.05) is 10.8 Å². The van der Waals surface area contributed by atoms with E-state index in [2.05, 4.69) is 0 Å². The molecule has 4 atom stereocenters. The number of hydrogen-bond acceptors (Lipinski definition) is 6.